The van der Waals surface area contributed by atoms with E-state index in [0.717, 1.165) is 41.2 Å². The second kappa shape index (κ2) is 7.66. The molecule has 152 valence electrons. The Morgan fingerprint density at radius 1 is 0.793 bits per heavy atom. The lowest BCUT2D eigenvalue weighted by Gasteiger charge is -2.36. The summed E-state index contributed by atoms with van der Waals surface area (Å²) >= 11 is 0. The zero-order chi connectivity index (χ0) is 20.5. The summed E-state index contributed by atoms with van der Waals surface area (Å²) in [5.41, 5.74) is 3.29. The van der Waals surface area contributed by atoms with Crippen molar-refractivity contribution < 1.29 is 18.9 Å². The standard InChI is InChI=1S/C22H25N3O4/c1-13-6-14-7-18(26-2)19(27-3)8-15(14)11-25(13)22-16-9-20(28-4)21(29-5)10-17(16)23-12-24-22/h7-10,12-13H,6,11H2,1-5H3/t13-/m1/s1. The highest BCUT2D eigenvalue weighted by Crippen LogP contribution is 2.39. The Kier molecular flexibility index (Phi) is 5.05. The van der Waals surface area contributed by atoms with Crippen LogP contribution in [0.3, 0.4) is 0 Å². The van der Waals surface area contributed by atoms with Gasteiger partial charge in [-0.15, -0.1) is 0 Å². The summed E-state index contributed by atoms with van der Waals surface area (Å²) in [6, 6.07) is 8.22. The number of nitrogens with zero attached hydrogens (tertiary/aromatic N) is 3. The van der Waals surface area contributed by atoms with E-state index in [9.17, 15) is 0 Å². The molecular weight excluding hydrogens is 370 g/mol. The quantitative estimate of drug-likeness (QED) is 0.654. The molecule has 0 bridgehead atoms. The molecule has 0 unspecified atom stereocenters. The van der Waals surface area contributed by atoms with Gasteiger partial charge in [-0.1, -0.05) is 0 Å². The van der Waals surface area contributed by atoms with Crippen molar-refractivity contribution in [3.8, 4) is 23.0 Å². The van der Waals surface area contributed by atoms with E-state index in [-0.39, 0.29) is 6.04 Å². The van der Waals surface area contributed by atoms with Crippen LogP contribution in [0.25, 0.3) is 10.9 Å². The Bertz CT molecular complexity index is 1050. The Morgan fingerprint density at radius 2 is 1.38 bits per heavy atom. The van der Waals surface area contributed by atoms with Crippen LogP contribution in [0.4, 0.5) is 5.82 Å². The monoisotopic (exact) mass is 395 g/mol. The fourth-order valence-corrected chi connectivity index (χ4v) is 3.95. The number of aromatic nitrogens is 2. The third-order valence-corrected chi connectivity index (χ3v) is 5.49. The van der Waals surface area contributed by atoms with E-state index in [1.54, 1.807) is 34.8 Å². The number of hydrogen-bond donors (Lipinski definition) is 0. The lowest BCUT2D eigenvalue weighted by molar-refractivity contribution is 0.353. The molecule has 7 nitrogen and oxygen atoms in total. The zero-order valence-electron chi connectivity index (χ0n) is 17.4. The molecule has 29 heavy (non-hydrogen) atoms. The van der Waals surface area contributed by atoms with Gasteiger partial charge in [0.15, 0.2) is 23.0 Å². The van der Waals surface area contributed by atoms with Crippen LogP contribution >= 0.6 is 0 Å². The number of benzene rings is 2. The number of methoxy groups -OCH3 is 4. The summed E-state index contributed by atoms with van der Waals surface area (Å²) in [5, 5.41) is 0.931. The molecule has 0 radical (unpaired) electrons. The van der Waals surface area contributed by atoms with Crippen LogP contribution in [0.15, 0.2) is 30.6 Å². The Labute approximate surface area is 170 Å². The molecule has 2 heterocycles. The molecule has 1 aliphatic rings. The lowest BCUT2D eigenvalue weighted by Crippen LogP contribution is -2.39. The first-order valence-corrected chi connectivity index (χ1v) is 9.46. The van der Waals surface area contributed by atoms with Gasteiger partial charge in [0, 0.05) is 24.0 Å². The van der Waals surface area contributed by atoms with Gasteiger partial charge < -0.3 is 23.8 Å². The van der Waals surface area contributed by atoms with E-state index in [4.69, 9.17) is 18.9 Å². The van der Waals surface area contributed by atoms with E-state index in [1.165, 1.54) is 11.1 Å². The average Bonchev–Trinajstić information content (AvgIpc) is 2.76. The van der Waals surface area contributed by atoms with Crippen molar-refractivity contribution in [1.82, 2.24) is 9.97 Å². The Balaban J connectivity index is 1.80. The molecule has 0 saturated carbocycles. The van der Waals surface area contributed by atoms with Gasteiger partial charge in [-0.05, 0) is 42.7 Å². The van der Waals surface area contributed by atoms with Crippen LogP contribution in [0.5, 0.6) is 23.0 Å². The fourth-order valence-electron chi connectivity index (χ4n) is 3.95. The van der Waals surface area contributed by atoms with E-state index in [2.05, 4.69) is 33.9 Å². The molecule has 1 aromatic heterocycles. The van der Waals surface area contributed by atoms with Crippen molar-refractivity contribution in [1.29, 1.82) is 0 Å². The van der Waals surface area contributed by atoms with Crippen molar-refractivity contribution >= 4 is 16.7 Å². The maximum Gasteiger partial charge on any atom is 0.162 e. The van der Waals surface area contributed by atoms with Crippen LogP contribution in [0, 0.1) is 0 Å². The largest absolute Gasteiger partial charge is 0.493 e. The van der Waals surface area contributed by atoms with Crippen LogP contribution in [0.1, 0.15) is 18.1 Å². The smallest absolute Gasteiger partial charge is 0.162 e. The predicted octanol–water partition coefficient (Wildman–Crippen LogP) is 3.62. The molecule has 0 spiro atoms. The molecule has 0 N–H and O–H groups in total. The molecule has 0 fully saturated rings. The topological polar surface area (TPSA) is 65.9 Å². The zero-order valence-corrected chi connectivity index (χ0v) is 17.4. The summed E-state index contributed by atoms with van der Waals surface area (Å²) in [6.07, 6.45) is 2.48. The van der Waals surface area contributed by atoms with Crippen LogP contribution in [0.2, 0.25) is 0 Å². The van der Waals surface area contributed by atoms with Crippen molar-refractivity contribution in [2.75, 3.05) is 33.3 Å². The molecule has 0 saturated heterocycles. The molecule has 1 atom stereocenters. The van der Waals surface area contributed by atoms with Crippen molar-refractivity contribution in [2.24, 2.45) is 0 Å². The maximum absolute atomic E-state index is 5.50. The number of rotatable bonds is 5. The van der Waals surface area contributed by atoms with E-state index >= 15 is 0 Å². The highest BCUT2D eigenvalue weighted by atomic mass is 16.5. The molecule has 3 aromatic rings. The first-order valence-electron chi connectivity index (χ1n) is 9.46. The Morgan fingerprint density at radius 3 is 2.03 bits per heavy atom. The second-order valence-electron chi connectivity index (χ2n) is 7.08. The van der Waals surface area contributed by atoms with Crippen LogP contribution in [-0.2, 0) is 13.0 Å². The molecule has 1 aliphatic heterocycles. The lowest BCUT2D eigenvalue weighted by atomic mass is 9.93. The molecule has 2 aromatic carbocycles. The van der Waals surface area contributed by atoms with Gasteiger partial charge >= 0.3 is 0 Å². The molecule has 0 aliphatic carbocycles. The molecule has 0 amide bonds. The number of hydrogen-bond acceptors (Lipinski definition) is 7. The molecule has 7 heteroatoms. The minimum Gasteiger partial charge on any atom is -0.493 e. The van der Waals surface area contributed by atoms with Crippen molar-refractivity contribution in [3.05, 3.63) is 41.7 Å². The van der Waals surface area contributed by atoms with E-state index in [0.29, 0.717) is 11.5 Å². The summed E-state index contributed by atoms with van der Waals surface area (Å²) in [5.74, 6) is 3.69. The summed E-state index contributed by atoms with van der Waals surface area (Å²) in [4.78, 5) is 11.3. The van der Waals surface area contributed by atoms with E-state index < -0.39 is 0 Å². The number of ether oxygens (including phenoxy) is 4. The SMILES string of the molecule is COc1cc2c(cc1OC)CN(c1ncnc3cc(OC)c(OC)cc13)[C@H](C)C2. The van der Waals surface area contributed by atoms with Gasteiger partial charge in [0.05, 0.1) is 34.0 Å². The maximum atomic E-state index is 5.50. The van der Waals surface area contributed by atoms with Crippen molar-refractivity contribution in [3.63, 3.8) is 0 Å². The second-order valence-corrected chi connectivity index (χ2v) is 7.08. The number of fused-ring (bicyclic) bond motifs is 2. The van der Waals surface area contributed by atoms with Gasteiger partial charge in [-0.25, -0.2) is 9.97 Å². The van der Waals surface area contributed by atoms with Crippen LogP contribution < -0.4 is 23.8 Å². The normalized spacial score (nSPS) is 15.8. The van der Waals surface area contributed by atoms with Crippen LogP contribution in [-0.4, -0.2) is 44.4 Å². The molecular formula is C22H25N3O4. The van der Waals surface area contributed by atoms with Gasteiger partial charge in [0.1, 0.15) is 12.1 Å². The Hall–Kier alpha value is -3.22. The molecule has 4 rings (SSSR count). The summed E-state index contributed by atoms with van der Waals surface area (Å²) < 4.78 is 21.9. The minimum absolute atomic E-state index is 0.256. The third-order valence-electron chi connectivity index (χ3n) is 5.49. The highest BCUT2D eigenvalue weighted by Gasteiger charge is 2.27. The van der Waals surface area contributed by atoms with Gasteiger partial charge in [0.2, 0.25) is 0 Å². The van der Waals surface area contributed by atoms with Crippen molar-refractivity contribution in [2.45, 2.75) is 25.9 Å². The summed E-state index contributed by atoms with van der Waals surface area (Å²) in [6.45, 7) is 2.92. The van der Waals surface area contributed by atoms with E-state index in [1.807, 2.05) is 12.1 Å². The van der Waals surface area contributed by atoms with Gasteiger partial charge in [-0.2, -0.15) is 0 Å². The fraction of sp³-hybridized carbons (Fsp3) is 0.364. The predicted molar refractivity (Wildman–Crippen MR) is 112 cm³/mol. The first-order chi connectivity index (χ1) is 14.1. The average molecular weight is 395 g/mol. The first kappa shape index (κ1) is 19.1. The van der Waals surface area contributed by atoms with Gasteiger partial charge in [0.25, 0.3) is 0 Å². The highest BCUT2D eigenvalue weighted by molar-refractivity contribution is 5.92. The number of anilines is 1. The minimum atomic E-state index is 0.256. The summed E-state index contributed by atoms with van der Waals surface area (Å²) in [7, 11) is 6.58. The van der Waals surface area contributed by atoms with Gasteiger partial charge in [-0.3, -0.25) is 0 Å². The third kappa shape index (κ3) is 3.26.